The van der Waals surface area contributed by atoms with Crippen molar-refractivity contribution in [1.82, 2.24) is 5.32 Å². The maximum atomic E-state index is 13.2. The molecule has 92 valence electrons. The Hall–Kier alpha value is -0.970. The first-order valence-electron chi connectivity index (χ1n) is 6.05. The van der Waals surface area contributed by atoms with Gasteiger partial charge in [-0.2, -0.15) is 0 Å². The van der Waals surface area contributed by atoms with Gasteiger partial charge in [0.1, 0.15) is 11.9 Å². The third-order valence-corrected chi connectivity index (χ3v) is 3.40. The molecular formula is C13H16FNO2. The van der Waals surface area contributed by atoms with E-state index in [1.807, 2.05) is 6.07 Å². The van der Waals surface area contributed by atoms with Crippen LogP contribution in [0.25, 0.3) is 0 Å². The molecule has 1 unspecified atom stereocenters. The second-order valence-corrected chi connectivity index (χ2v) is 4.52. The van der Waals surface area contributed by atoms with Crippen LogP contribution in [0.1, 0.15) is 17.2 Å². The van der Waals surface area contributed by atoms with Gasteiger partial charge in [0.2, 0.25) is 0 Å². The maximum absolute atomic E-state index is 13.2. The molecule has 2 aliphatic rings. The predicted molar refractivity (Wildman–Crippen MR) is 61.4 cm³/mol. The molecule has 17 heavy (non-hydrogen) atoms. The summed E-state index contributed by atoms with van der Waals surface area (Å²) in [6.45, 7) is 2.90. The van der Waals surface area contributed by atoms with Crippen LogP contribution in [0.15, 0.2) is 18.2 Å². The highest BCUT2D eigenvalue weighted by Crippen LogP contribution is 2.30. The minimum atomic E-state index is -0.169. The summed E-state index contributed by atoms with van der Waals surface area (Å²) in [6, 6.07) is 5.14. The molecule has 0 bridgehead atoms. The van der Waals surface area contributed by atoms with Crippen molar-refractivity contribution in [3.05, 3.63) is 35.1 Å². The van der Waals surface area contributed by atoms with Crippen LogP contribution in [0.2, 0.25) is 0 Å². The zero-order valence-corrected chi connectivity index (χ0v) is 9.62. The Morgan fingerprint density at radius 1 is 1.29 bits per heavy atom. The van der Waals surface area contributed by atoms with Crippen molar-refractivity contribution in [2.75, 3.05) is 26.4 Å². The van der Waals surface area contributed by atoms with E-state index in [9.17, 15) is 4.39 Å². The molecule has 1 N–H and O–H groups in total. The fourth-order valence-electron chi connectivity index (χ4n) is 2.57. The first-order chi connectivity index (χ1) is 8.34. The quantitative estimate of drug-likeness (QED) is 0.801. The van der Waals surface area contributed by atoms with Crippen LogP contribution in [-0.2, 0) is 15.9 Å². The number of ether oxygens (including phenoxy) is 2. The van der Waals surface area contributed by atoms with Crippen molar-refractivity contribution >= 4 is 0 Å². The van der Waals surface area contributed by atoms with Gasteiger partial charge in [-0.05, 0) is 29.7 Å². The van der Waals surface area contributed by atoms with Crippen LogP contribution in [0.4, 0.5) is 4.39 Å². The number of morpholine rings is 1. The molecule has 3 nitrogen and oxygen atoms in total. The topological polar surface area (TPSA) is 30.5 Å². The lowest BCUT2D eigenvalue weighted by Crippen LogP contribution is -2.46. The monoisotopic (exact) mass is 237 g/mol. The van der Waals surface area contributed by atoms with Crippen LogP contribution in [0, 0.1) is 5.82 Å². The van der Waals surface area contributed by atoms with Gasteiger partial charge in [-0.15, -0.1) is 0 Å². The van der Waals surface area contributed by atoms with Crippen LogP contribution < -0.4 is 5.32 Å². The second kappa shape index (κ2) is 4.72. The smallest absolute Gasteiger partial charge is 0.123 e. The Labute approximate surface area is 99.9 Å². The summed E-state index contributed by atoms with van der Waals surface area (Å²) >= 11 is 0. The van der Waals surface area contributed by atoms with Gasteiger partial charge in [0.15, 0.2) is 0 Å². The Kier molecular flexibility index (Phi) is 3.09. The van der Waals surface area contributed by atoms with E-state index in [0.717, 1.165) is 30.7 Å². The van der Waals surface area contributed by atoms with Crippen molar-refractivity contribution in [3.63, 3.8) is 0 Å². The minimum absolute atomic E-state index is 0.0142. The van der Waals surface area contributed by atoms with Gasteiger partial charge in [-0.25, -0.2) is 4.39 Å². The fourth-order valence-corrected chi connectivity index (χ4v) is 2.57. The standard InChI is InChI=1S/C13H16FNO2/c14-10-1-2-11-9(7-10)3-5-17-13(11)12-8-16-6-4-15-12/h1-2,7,12-13,15H,3-6,8H2/t12?,13-/m1/s1. The highest BCUT2D eigenvalue weighted by molar-refractivity contribution is 5.32. The van der Waals surface area contributed by atoms with Crippen molar-refractivity contribution in [2.45, 2.75) is 18.6 Å². The van der Waals surface area contributed by atoms with Crippen molar-refractivity contribution in [1.29, 1.82) is 0 Å². The molecule has 0 spiro atoms. The van der Waals surface area contributed by atoms with Gasteiger partial charge in [0.25, 0.3) is 0 Å². The molecule has 0 amide bonds. The zero-order chi connectivity index (χ0) is 11.7. The average Bonchev–Trinajstić information content (AvgIpc) is 2.39. The van der Waals surface area contributed by atoms with E-state index in [1.165, 1.54) is 6.07 Å². The van der Waals surface area contributed by atoms with Crippen LogP contribution >= 0.6 is 0 Å². The number of halogens is 1. The molecule has 1 aromatic rings. The summed E-state index contributed by atoms with van der Waals surface area (Å²) in [5, 5.41) is 3.40. The summed E-state index contributed by atoms with van der Waals surface area (Å²) in [6.07, 6.45) is 0.775. The molecule has 1 saturated heterocycles. The predicted octanol–water partition coefficient (Wildman–Crippen LogP) is 1.43. The molecule has 2 aliphatic heterocycles. The van der Waals surface area contributed by atoms with Crippen molar-refractivity contribution in [3.8, 4) is 0 Å². The lowest BCUT2D eigenvalue weighted by molar-refractivity contribution is -0.0311. The van der Waals surface area contributed by atoms with Gasteiger partial charge in [0, 0.05) is 6.54 Å². The number of hydrogen-bond donors (Lipinski definition) is 1. The Balaban J connectivity index is 1.88. The Morgan fingerprint density at radius 3 is 3.06 bits per heavy atom. The molecular weight excluding hydrogens is 221 g/mol. The summed E-state index contributed by atoms with van der Waals surface area (Å²) in [7, 11) is 0. The average molecular weight is 237 g/mol. The van der Waals surface area contributed by atoms with Crippen molar-refractivity contribution < 1.29 is 13.9 Å². The van der Waals surface area contributed by atoms with E-state index in [1.54, 1.807) is 6.07 Å². The highest BCUT2D eigenvalue weighted by atomic mass is 19.1. The number of benzene rings is 1. The van der Waals surface area contributed by atoms with E-state index < -0.39 is 0 Å². The van der Waals surface area contributed by atoms with Gasteiger partial charge in [-0.3, -0.25) is 0 Å². The summed E-state index contributed by atoms with van der Waals surface area (Å²) in [5.41, 5.74) is 2.16. The van der Waals surface area contributed by atoms with Crippen LogP contribution in [-0.4, -0.2) is 32.4 Å². The fraction of sp³-hybridized carbons (Fsp3) is 0.538. The van der Waals surface area contributed by atoms with E-state index in [0.29, 0.717) is 13.2 Å². The Bertz CT molecular complexity index is 404. The summed E-state index contributed by atoms with van der Waals surface area (Å²) in [5.74, 6) is -0.169. The van der Waals surface area contributed by atoms with E-state index in [-0.39, 0.29) is 18.0 Å². The lowest BCUT2D eigenvalue weighted by atomic mass is 9.93. The third-order valence-electron chi connectivity index (χ3n) is 3.40. The molecule has 2 atom stereocenters. The van der Waals surface area contributed by atoms with Gasteiger partial charge < -0.3 is 14.8 Å². The lowest BCUT2D eigenvalue weighted by Gasteiger charge is -2.35. The summed E-state index contributed by atoms with van der Waals surface area (Å²) in [4.78, 5) is 0. The Morgan fingerprint density at radius 2 is 2.24 bits per heavy atom. The first-order valence-corrected chi connectivity index (χ1v) is 6.05. The normalized spacial score (nSPS) is 28.8. The number of hydrogen-bond acceptors (Lipinski definition) is 3. The molecule has 0 radical (unpaired) electrons. The molecule has 1 aromatic carbocycles. The molecule has 3 rings (SSSR count). The summed E-state index contributed by atoms with van der Waals surface area (Å²) < 4.78 is 24.5. The largest absolute Gasteiger partial charge is 0.378 e. The van der Waals surface area contributed by atoms with Crippen molar-refractivity contribution in [2.24, 2.45) is 0 Å². The molecule has 0 aliphatic carbocycles. The molecule has 0 saturated carbocycles. The minimum Gasteiger partial charge on any atom is -0.378 e. The second-order valence-electron chi connectivity index (χ2n) is 4.52. The molecule has 1 fully saturated rings. The van der Waals surface area contributed by atoms with Crippen LogP contribution in [0.5, 0.6) is 0 Å². The highest BCUT2D eigenvalue weighted by Gasteiger charge is 2.30. The van der Waals surface area contributed by atoms with Crippen LogP contribution in [0.3, 0.4) is 0 Å². The SMILES string of the molecule is Fc1ccc2c(c1)CCO[C@H]2C1COCCN1. The number of fused-ring (bicyclic) bond motifs is 1. The molecule has 0 aromatic heterocycles. The van der Waals surface area contributed by atoms with E-state index >= 15 is 0 Å². The number of rotatable bonds is 1. The van der Waals surface area contributed by atoms with Gasteiger partial charge in [-0.1, -0.05) is 6.07 Å². The maximum Gasteiger partial charge on any atom is 0.123 e. The first kappa shape index (κ1) is 11.1. The third kappa shape index (κ3) is 2.20. The number of nitrogens with one attached hydrogen (secondary N) is 1. The molecule has 4 heteroatoms. The zero-order valence-electron chi connectivity index (χ0n) is 9.62. The van der Waals surface area contributed by atoms with Gasteiger partial charge >= 0.3 is 0 Å². The van der Waals surface area contributed by atoms with E-state index in [4.69, 9.17) is 9.47 Å². The molecule has 2 heterocycles. The van der Waals surface area contributed by atoms with E-state index in [2.05, 4.69) is 5.32 Å². The van der Waals surface area contributed by atoms with Gasteiger partial charge in [0.05, 0.1) is 25.9 Å².